The van der Waals surface area contributed by atoms with E-state index < -0.39 is 6.10 Å². The summed E-state index contributed by atoms with van der Waals surface area (Å²) in [6.07, 6.45) is 1.20. The van der Waals surface area contributed by atoms with E-state index in [1.807, 2.05) is 4.57 Å². The number of thioether (sulfide) groups is 1. The van der Waals surface area contributed by atoms with Gasteiger partial charge in [-0.1, -0.05) is 56.8 Å². The molecule has 0 spiro atoms. The number of aliphatic hydroxyl groups is 2. The number of benzene rings is 1. The molecule has 2 N–H and O–H groups in total. The van der Waals surface area contributed by atoms with Crippen molar-refractivity contribution in [3.05, 3.63) is 47.3 Å². The number of aliphatic hydroxyl groups excluding tert-OH is 2. The molecule has 2 aromatic rings. The van der Waals surface area contributed by atoms with Gasteiger partial charge in [-0.2, -0.15) is 0 Å². The van der Waals surface area contributed by atoms with Crippen LogP contribution in [-0.2, 0) is 24.3 Å². The molecule has 23 heavy (non-hydrogen) atoms. The number of aromatic nitrogens is 2. The Labute approximate surface area is 142 Å². The molecule has 126 valence electrons. The summed E-state index contributed by atoms with van der Waals surface area (Å²) < 4.78 is 1.89. The van der Waals surface area contributed by atoms with Crippen molar-refractivity contribution in [2.45, 2.75) is 63.3 Å². The molecule has 0 radical (unpaired) electrons. The Morgan fingerprint density at radius 1 is 1.22 bits per heavy atom. The molecule has 1 aromatic carbocycles. The molecule has 1 atom stereocenters. The van der Waals surface area contributed by atoms with Gasteiger partial charge in [0.15, 0.2) is 5.16 Å². The van der Waals surface area contributed by atoms with Crippen LogP contribution >= 0.6 is 11.8 Å². The maximum atomic E-state index is 9.62. The van der Waals surface area contributed by atoms with E-state index in [0.29, 0.717) is 6.54 Å². The van der Waals surface area contributed by atoms with Crippen LogP contribution in [0.2, 0.25) is 0 Å². The highest BCUT2D eigenvalue weighted by Crippen LogP contribution is 2.26. The molecule has 1 aromatic heterocycles. The standard InChI is InChI=1S/C18H26N2O2S/c1-13(22)10-20-16(11-21)9-19-17(20)23-12-14-5-7-15(8-6-14)18(2,3)4/h5-9,13,21-22H,10-12H2,1-4H3. The zero-order valence-corrected chi connectivity index (χ0v) is 15.1. The van der Waals surface area contributed by atoms with Gasteiger partial charge in [0, 0.05) is 5.75 Å². The van der Waals surface area contributed by atoms with Crippen LogP contribution in [0, 0.1) is 0 Å². The van der Waals surface area contributed by atoms with Crippen LogP contribution in [0.1, 0.15) is 44.5 Å². The highest BCUT2D eigenvalue weighted by Gasteiger charge is 2.14. The summed E-state index contributed by atoms with van der Waals surface area (Å²) in [6, 6.07) is 8.67. The van der Waals surface area contributed by atoms with E-state index in [4.69, 9.17) is 0 Å². The van der Waals surface area contributed by atoms with Gasteiger partial charge in [0.25, 0.3) is 0 Å². The van der Waals surface area contributed by atoms with Crippen molar-refractivity contribution in [3.8, 4) is 0 Å². The Kier molecular flexibility index (Phi) is 5.89. The van der Waals surface area contributed by atoms with Crippen LogP contribution in [-0.4, -0.2) is 25.9 Å². The summed E-state index contributed by atoms with van der Waals surface area (Å²) in [5.41, 5.74) is 3.45. The van der Waals surface area contributed by atoms with Crippen molar-refractivity contribution in [3.63, 3.8) is 0 Å². The maximum Gasteiger partial charge on any atom is 0.168 e. The second kappa shape index (κ2) is 7.51. The molecule has 0 aliphatic carbocycles. The summed E-state index contributed by atoms with van der Waals surface area (Å²) in [6.45, 7) is 8.74. The predicted octanol–water partition coefficient (Wildman–Crippen LogP) is 3.35. The van der Waals surface area contributed by atoms with Gasteiger partial charge in [0.05, 0.1) is 31.1 Å². The van der Waals surface area contributed by atoms with Crippen LogP contribution in [0.25, 0.3) is 0 Å². The molecule has 0 saturated carbocycles. The first kappa shape index (κ1) is 18.0. The zero-order chi connectivity index (χ0) is 17.0. The lowest BCUT2D eigenvalue weighted by molar-refractivity contribution is 0.165. The molecular formula is C18H26N2O2S. The molecule has 0 aliphatic heterocycles. The average Bonchev–Trinajstić information content (AvgIpc) is 2.86. The first-order valence-corrected chi connectivity index (χ1v) is 8.85. The van der Waals surface area contributed by atoms with Gasteiger partial charge in [0.2, 0.25) is 0 Å². The van der Waals surface area contributed by atoms with Crippen molar-refractivity contribution in [2.24, 2.45) is 0 Å². The molecule has 1 heterocycles. The van der Waals surface area contributed by atoms with Gasteiger partial charge >= 0.3 is 0 Å². The van der Waals surface area contributed by atoms with Gasteiger partial charge in [-0.05, 0) is 23.5 Å². The number of imidazole rings is 1. The van der Waals surface area contributed by atoms with Crippen LogP contribution < -0.4 is 0 Å². The third kappa shape index (κ3) is 4.83. The van der Waals surface area contributed by atoms with Crippen LogP contribution in [0.15, 0.2) is 35.6 Å². The molecular weight excluding hydrogens is 308 g/mol. The van der Waals surface area contributed by atoms with Gasteiger partial charge in [-0.25, -0.2) is 4.98 Å². The molecule has 4 nitrogen and oxygen atoms in total. The molecule has 0 bridgehead atoms. The molecule has 2 rings (SSSR count). The summed E-state index contributed by atoms with van der Waals surface area (Å²) >= 11 is 1.62. The Hall–Kier alpha value is -1.30. The highest BCUT2D eigenvalue weighted by molar-refractivity contribution is 7.98. The van der Waals surface area contributed by atoms with Crippen LogP contribution in [0.5, 0.6) is 0 Å². The van der Waals surface area contributed by atoms with E-state index in [2.05, 4.69) is 50.0 Å². The second-order valence-electron chi connectivity index (χ2n) is 6.89. The second-order valence-corrected chi connectivity index (χ2v) is 7.83. The number of nitrogens with zero attached hydrogens (tertiary/aromatic N) is 2. The first-order chi connectivity index (χ1) is 10.8. The fraction of sp³-hybridized carbons (Fsp3) is 0.500. The lowest BCUT2D eigenvalue weighted by atomic mass is 9.87. The largest absolute Gasteiger partial charge is 0.392 e. The molecule has 1 unspecified atom stereocenters. The van der Waals surface area contributed by atoms with Gasteiger partial charge < -0.3 is 14.8 Å². The summed E-state index contributed by atoms with van der Waals surface area (Å²) in [5.74, 6) is 0.812. The molecule has 0 saturated heterocycles. The van der Waals surface area contributed by atoms with Crippen molar-refractivity contribution in [2.75, 3.05) is 0 Å². The minimum absolute atomic E-state index is 0.0689. The molecule has 0 amide bonds. The third-order valence-corrected chi connectivity index (χ3v) is 4.76. The first-order valence-electron chi connectivity index (χ1n) is 7.87. The smallest absolute Gasteiger partial charge is 0.168 e. The molecule has 5 heteroatoms. The molecule has 0 fully saturated rings. The number of hydrogen-bond donors (Lipinski definition) is 2. The number of hydrogen-bond acceptors (Lipinski definition) is 4. The van der Waals surface area contributed by atoms with Crippen molar-refractivity contribution in [1.29, 1.82) is 0 Å². The monoisotopic (exact) mass is 334 g/mol. The zero-order valence-electron chi connectivity index (χ0n) is 14.3. The Bertz CT molecular complexity index is 627. The maximum absolute atomic E-state index is 9.62. The SMILES string of the molecule is CC(O)Cn1c(CO)cnc1SCc1ccc(C(C)(C)C)cc1. The lowest BCUT2D eigenvalue weighted by Gasteiger charge is -2.19. The topological polar surface area (TPSA) is 58.3 Å². The Morgan fingerprint density at radius 2 is 1.87 bits per heavy atom. The Morgan fingerprint density at radius 3 is 2.39 bits per heavy atom. The third-order valence-electron chi connectivity index (χ3n) is 3.70. The lowest BCUT2D eigenvalue weighted by Crippen LogP contribution is -2.15. The van der Waals surface area contributed by atoms with Gasteiger partial charge in [-0.15, -0.1) is 0 Å². The van der Waals surface area contributed by atoms with E-state index in [1.54, 1.807) is 24.9 Å². The quantitative estimate of drug-likeness (QED) is 0.796. The normalized spacial score (nSPS) is 13.3. The van der Waals surface area contributed by atoms with Gasteiger partial charge in [-0.3, -0.25) is 0 Å². The average molecular weight is 334 g/mol. The fourth-order valence-electron chi connectivity index (χ4n) is 2.34. The fourth-order valence-corrected chi connectivity index (χ4v) is 3.30. The van der Waals surface area contributed by atoms with E-state index in [-0.39, 0.29) is 12.0 Å². The van der Waals surface area contributed by atoms with Crippen molar-refractivity contribution in [1.82, 2.24) is 9.55 Å². The minimum Gasteiger partial charge on any atom is -0.392 e. The van der Waals surface area contributed by atoms with Gasteiger partial charge in [0.1, 0.15) is 0 Å². The van der Waals surface area contributed by atoms with Crippen molar-refractivity contribution < 1.29 is 10.2 Å². The van der Waals surface area contributed by atoms with E-state index >= 15 is 0 Å². The van der Waals surface area contributed by atoms with Crippen LogP contribution in [0.3, 0.4) is 0 Å². The number of rotatable bonds is 6. The predicted molar refractivity (Wildman–Crippen MR) is 94.5 cm³/mol. The van der Waals surface area contributed by atoms with E-state index in [0.717, 1.165) is 16.6 Å². The van der Waals surface area contributed by atoms with E-state index in [1.165, 1.54) is 11.1 Å². The minimum atomic E-state index is -0.472. The Balaban J connectivity index is 2.07. The van der Waals surface area contributed by atoms with Crippen LogP contribution in [0.4, 0.5) is 0 Å². The summed E-state index contributed by atoms with van der Waals surface area (Å²) in [5, 5.41) is 19.8. The van der Waals surface area contributed by atoms with Crippen molar-refractivity contribution >= 4 is 11.8 Å². The van der Waals surface area contributed by atoms with E-state index in [9.17, 15) is 10.2 Å². The highest BCUT2D eigenvalue weighted by atomic mass is 32.2. The molecule has 0 aliphatic rings. The summed E-state index contributed by atoms with van der Waals surface area (Å²) in [7, 11) is 0. The summed E-state index contributed by atoms with van der Waals surface area (Å²) in [4.78, 5) is 4.37.